The van der Waals surface area contributed by atoms with E-state index in [-0.39, 0.29) is 40.8 Å². The van der Waals surface area contributed by atoms with Gasteiger partial charge in [-0.2, -0.15) is 0 Å². The Labute approximate surface area is 145 Å². The molecule has 0 spiro atoms. The van der Waals surface area contributed by atoms with E-state index in [1.807, 2.05) is 0 Å². The second-order valence-electron chi connectivity index (χ2n) is 6.68. The van der Waals surface area contributed by atoms with E-state index in [4.69, 9.17) is 9.88 Å². The SMILES string of the molecule is NS(=O)(=O)c1cc2c(c([N+](=O)[O-])c1)NC(CC1CCC(O)CC1)CO2. The number of ether oxygens (including phenoxy) is 1. The van der Waals surface area contributed by atoms with Gasteiger partial charge in [0.05, 0.1) is 22.0 Å². The summed E-state index contributed by atoms with van der Waals surface area (Å²) in [7, 11) is -4.07. The molecule has 2 aliphatic rings. The number of benzene rings is 1. The highest BCUT2D eigenvalue weighted by atomic mass is 32.2. The Kier molecular flexibility index (Phi) is 4.85. The van der Waals surface area contributed by atoms with Gasteiger partial charge in [0.15, 0.2) is 11.4 Å². The van der Waals surface area contributed by atoms with Crippen LogP contribution in [0.4, 0.5) is 11.4 Å². The van der Waals surface area contributed by atoms with Gasteiger partial charge in [0, 0.05) is 12.1 Å². The van der Waals surface area contributed by atoms with E-state index in [1.165, 1.54) is 6.07 Å². The van der Waals surface area contributed by atoms with Crippen molar-refractivity contribution in [2.24, 2.45) is 11.1 Å². The van der Waals surface area contributed by atoms with Crippen molar-refractivity contribution in [2.45, 2.75) is 49.1 Å². The van der Waals surface area contributed by atoms with Gasteiger partial charge in [-0.15, -0.1) is 0 Å². The van der Waals surface area contributed by atoms with Gasteiger partial charge < -0.3 is 15.2 Å². The van der Waals surface area contributed by atoms with Crippen LogP contribution < -0.4 is 15.2 Å². The molecule has 1 aromatic rings. The predicted octanol–water partition coefficient (Wildman–Crippen LogP) is 1.36. The van der Waals surface area contributed by atoms with Crippen LogP contribution in [0.25, 0.3) is 0 Å². The van der Waals surface area contributed by atoms with E-state index in [1.54, 1.807) is 0 Å². The molecule has 1 unspecified atom stereocenters. The number of nitrogens with one attached hydrogen (secondary N) is 1. The number of sulfonamides is 1. The molecule has 138 valence electrons. The van der Waals surface area contributed by atoms with Crippen molar-refractivity contribution in [1.82, 2.24) is 0 Å². The Bertz CT molecular complexity index is 774. The molecule has 1 heterocycles. The lowest BCUT2D eigenvalue weighted by Gasteiger charge is -2.32. The van der Waals surface area contributed by atoms with E-state index in [0.29, 0.717) is 5.92 Å². The molecule has 1 atom stereocenters. The smallest absolute Gasteiger partial charge is 0.297 e. The molecule has 0 saturated heterocycles. The van der Waals surface area contributed by atoms with Gasteiger partial charge in [0.2, 0.25) is 10.0 Å². The van der Waals surface area contributed by atoms with Gasteiger partial charge in [-0.3, -0.25) is 10.1 Å². The summed E-state index contributed by atoms with van der Waals surface area (Å²) in [6, 6.07) is 2.05. The number of hydrogen-bond acceptors (Lipinski definition) is 7. The maximum absolute atomic E-state index is 11.5. The summed E-state index contributed by atoms with van der Waals surface area (Å²) in [6.45, 7) is 0.289. The number of rotatable bonds is 4. The lowest BCUT2D eigenvalue weighted by Crippen LogP contribution is -2.35. The van der Waals surface area contributed by atoms with E-state index in [9.17, 15) is 23.6 Å². The first-order chi connectivity index (χ1) is 11.7. The van der Waals surface area contributed by atoms with Crippen LogP contribution in [0.1, 0.15) is 32.1 Å². The highest BCUT2D eigenvalue weighted by molar-refractivity contribution is 7.89. The summed E-state index contributed by atoms with van der Waals surface area (Å²) in [5.74, 6) is 0.544. The summed E-state index contributed by atoms with van der Waals surface area (Å²) in [5, 5.41) is 29.1. The molecule has 1 saturated carbocycles. The maximum atomic E-state index is 11.5. The minimum Gasteiger partial charge on any atom is -0.489 e. The van der Waals surface area contributed by atoms with Gasteiger partial charge >= 0.3 is 0 Å². The number of fused-ring (bicyclic) bond motifs is 1. The Hall–Kier alpha value is -1.91. The summed E-state index contributed by atoms with van der Waals surface area (Å²) < 4.78 is 28.6. The Morgan fingerprint density at radius 3 is 2.60 bits per heavy atom. The zero-order valence-electron chi connectivity index (χ0n) is 13.6. The molecule has 1 aliphatic carbocycles. The molecule has 10 heteroatoms. The standard InChI is InChI=1S/C15H21N3O6S/c16-25(22,23)12-6-13(18(20)21)15-14(7-12)24-8-10(17-15)5-9-1-3-11(19)4-2-9/h6-7,9-11,17,19H,1-5,8H2,(H2,16,22,23). The number of nitrogens with zero attached hydrogens (tertiary/aromatic N) is 1. The second kappa shape index (κ2) is 6.77. The number of primary sulfonamides is 1. The van der Waals surface area contributed by atoms with Crippen molar-refractivity contribution >= 4 is 21.4 Å². The van der Waals surface area contributed by atoms with Gasteiger partial charge in [0.25, 0.3) is 5.69 Å². The fourth-order valence-electron chi connectivity index (χ4n) is 3.49. The summed E-state index contributed by atoms with van der Waals surface area (Å²) in [4.78, 5) is 10.3. The molecule has 0 aromatic heterocycles. The van der Waals surface area contributed by atoms with Gasteiger partial charge in [-0.25, -0.2) is 13.6 Å². The Balaban J connectivity index is 1.81. The quantitative estimate of drug-likeness (QED) is 0.535. The van der Waals surface area contributed by atoms with Crippen molar-refractivity contribution in [3.05, 3.63) is 22.2 Å². The minimum atomic E-state index is -4.07. The van der Waals surface area contributed by atoms with Crippen LogP contribution in [0, 0.1) is 16.0 Å². The molecule has 0 bridgehead atoms. The Morgan fingerprint density at radius 2 is 2.00 bits per heavy atom. The number of aliphatic hydroxyl groups excluding tert-OH is 1. The third-order valence-electron chi connectivity index (χ3n) is 4.80. The summed E-state index contributed by atoms with van der Waals surface area (Å²) in [6.07, 6.45) is 3.92. The Morgan fingerprint density at radius 1 is 1.32 bits per heavy atom. The monoisotopic (exact) mass is 371 g/mol. The first-order valence-corrected chi connectivity index (χ1v) is 9.71. The topological polar surface area (TPSA) is 145 Å². The number of anilines is 1. The van der Waals surface area contributed by atoms with Crippen molar-refractivity contribution in [3.8, 4) is 5.75 Å². The van der Waals surface area contributed by atoms with Gasteiger partial charge in [-0.05, 0) is 38.0 Å². The van der Waals surface area contributed by atoms with Crippen molar-refractivity contribution in [3.63, 3.8) is 0 Å². The van der Waals surface area contributed by atoms with Crippen LogP contribution >= 0.6 is 0 Å². The number of nitro groups is 1. The zero-order valence-corrected chi connectivity index (χ0v) is 14.4. The molecule has 4 N–H and O–H groups in total. The number of aliphatic hydroxyl groups is 1. The second-order valence-corrected chi connectivity index (χ2v) is 8.24. The molecule has 0 amide bonds. The third kappa shape index (κ3) is 4.02. The highest BCUT2D eigenvalue weighted by Crippen LogP contribution is 2.41. The molecule has 3 rings (SSSR count). The summed E-state index contributed by atoms with van der Waals surface area (Å²) in [5.41, 5.74) is -0.185. The van der Waals surface area contributed by atoms with Crippen molar-refractivity contribution in [1.29, 1.82) is 0 Å². The normalized spacial score (nSPS) is 26.2. The fourth-order valence-corrected chi connectivity index (χ4v) is 4.04. The van der Waals surface area contributed by atoms with E-state index in [0.717, 1.165) is 38.2 Å². The zero-order chi connectivity index (χ0) is 18.2. The van der Waals surface area contributed by atoms with Crippen LogP contribution in [-0.2, 0) is 10.0 Å². The minimum absolute atomic E-state index is 0.105. The molecular formula is C15H21N3O6S. The predicted molar refractivity (Wildman–Crippen MR) is 90.0 cm³/mol. The maximum Gasteiger partial charge on any atom is 0.297 e. The van der Waals surface area contributed by atoms with E-state index < -0.39 is 14.9 Å². The molecule has 9 nitrogen and oxygen atoms in total. The number of nitrogens with two attached hydrogens (primary N) is 1. The molecule has 1 aromatic carbocycles. The first-order valence-electron chi connectivity index (χ1n) is 8.16. The van der Waals surface area contributed by atoms with Crippen LogP contribution in [0.15, 0.2) is 17.0 Å². The molecule has 25 heavy (non-hydrogen) atoms. The number of nitro benzene ring substituents is 1. The average molecular weight is 371 g/mol. The lowest BCUT2D eigenvalue weighted by molar-refractivity contribution is -0.384. The van der Waals surface area contributed by atoms with E-state index in [2.05, 4.69) is 5.32 Å². The van der Waals surface area contributed by atoms with E-state index >= 15 is 0 Å². The average Bonchev–Trinajstić information content (AvgIpc) is 2.55. The first kappa shape index (κ1) is 17.9. The van der Waals surface area contributed by atoms with Crippen LogP contribution in [0.3, 0.4) is 0 Å². The fraction of sp³-hybridized carbons (Fsp3) is 0.600. The largest absolute Gasteiger partial charge is 0.489 e. The molecular weight excluding hydrogens is 350 g/mol. The third-order valence-corrected chi connectivity index (χ3v) is 5.70. The molecule has 1 aliphatic heterocycles. The highest BCUT2D eigenvalue weighted by Gasteiger charge is 2.31. The summed E-state index contributed by atoms with van der Waals surface area (Å²) >= 11 is 0. The van der Waals surface area contributed by atoms with Crippen molar-refractivity contribution in [2.75, 3.05) is 11.9 Å². The molecule has 0 radical (unpaired) electrons. The molecule has 1 fully saturated rings. The van der Waals surface area contributed by atoms with Crippen LogP contribution in [0.2, 0.25) is 0 Å². The van der Waals surface area contributed by atoms with Gasteiger partial charge in [-0.1, -0.05) is 0 Å². The van der Waals surface area contributed by atoms with Crippen molar-refractivity contribution < 1.29 is 23.2 Å². The van der Waals surface area contributed by atoms with Gasteiger partial charge in [0.1, 0.15) is 6.61 Å². The number of hydrogen-bond donors (Lipinski definition) is 3. The van der Waals surface area contributed by atoms with Crippen LogP contribution in [0.5, 0.6) is 5.75 Å². The lowest BCUT2D eigenvalue weighted by atomic mass is 9.83. The van der Waals surface area contributed by atoms with Crippen LogP contribution in [-0.4, -0.2) is 37.2 Å².